The monoisotopic (exact) mass is 135 g/mol. The van der Waals surface area contributed by atoms with Crippen LogP contribution in [-0.2, 0) is 0 Å². The van der Waals surface area contributed by atoms with Gasteiger partial charge in [-0.2, -0.15) is 0 Å². The maximum atomic E-state index is 5.34. The van der Waals surface area contributed by atoms with Crippen molar-refractivity contribution in [3.05, 3.63) is 11.7 Å². The SMILES string of the molecule is [B]C1=CNC(N=NN)N=C1. The van der Waals surface area contributed by atoms with Gasteiger partial charge in [-0.3, -0.25) is 0 Å². The van der Waals surface area contributed by atoms with Gasteiger partial charge in [0.2, 0.25) is 6.29 Å². The van der Waals surface area contributed by atoms with Crippen LogP contribution in [0.5, 0.6) is 0 Å². The second kappa shape index (κ2) is 3.00. The first kappa shape index (κ1) is 6.79. The molecule has 0 fully saturated rings. The van der Waals surface area contributed by atoms with Crippen molar-refractivity contribution in [1.29, 1.82) is 0 Å². The molecule has 1 aliphatic heterocycles. The molecule has 0 aliphatic carbocycles. The lowest BCUT2D eigenvalue weighted by Crippen LogP contribution is -2.23. The molecule has 1 aliphatic rings. The summed E-state index contributed by atoms with van der Waals surface area (Å²) in [5, 5.41) is 9.32. The zero-order valence-corrected chi connectivity index (χ0v) is 5.23. The van der Waals surface area contributed by atoms with Crippen LogP contribution in [0.15, 0.2) is 27.0 Å². The lowest BCUT2D eigenvalue weighted by Gasteiger charge is -2.10. The van der Waals surface area contributed by atoms with E-state index in [1.165, 1.54) is 6.21 Å². The molecule has 50 valence electrons. The van der Waals surface area contributed by atoms with E-state index < -0.39 is 6.29 Å². The van der Waals surface area contributed by atoms with E-state index >= 15 is 0 Å². The van der Waals surface area contributed by atoms with Crippen molar-refractivity contribution in [2.45, 2.75) is 6.29 Å². The first-order valence-corrected chi connectivity index (χ1v) is 2.68. The minimum absolute atomic E-state index is 0.419. The third-order valence-electron chi connectivity index (χ3n) is 0.940. The summed E-state index contributed by atoms with van der Waals surface area (Å²) in [6.45, 7) is 0. The van der Waals surface area contributed by atoms with Crippen LogP contribution in [0.2, 0.25) is 0 Å². The Balaban J connectivity index is 2.52. The van der Waals surface area contributed by atoms with Gasteiger partial charge < -0.3 is 11.2 Å². The Labute approximate surface area is 59.5 Å². The third kappa shape index (κ3) is 1.58. The topological polar surface area (TPSA) is 75.1 Å². The number of hydrogen-bond donors (Lipinski definition) is 2. The van der Waals surface area contributed by atoms with Crippen molar-refractivity contribution in [2.24, 2.45) is 21.2 Å². The van der Waals surface area contributed by atoms with Crippen molar-refractivity contribution < 1.29 is 0 Å². The molecule has 0 aromatic rings. The first-order valence-electron chi connectivity index (χ1n) is 2.68. The van der Waals surface area contributed by atoms with Crippen molar-refractivity contribution in [2.75, 3.05) is 0 Å². The molecule has 0 saturated carbocycles. The molecule has 1 rings (SSSR count). The van der Waals surface area contributed by atoms with Gasteiger partial charge in [-0.05, 0) is 6.20 Å². The average molecular weight is 135 g/mol. The summed E-state index contributed by atoms with van der Waals surface area (Å²) in [5.74, 6) is 4.79. The predicted octanol–water partition coefficient (Wildman–Crippen LogP) is -0.720. The van der Waals surface area contributed by atoms with Crippen LogP contribution >= 0.6 is 0 Å². The van der Waals surface area contributed by atoms with E-state index in [0.717, 1.165) is 0 Å². The second-order valence-corrected chi connectivity index (χ2v) is 1.69. The van der Waals surface area contributed by atoms with Gasteiger partial charge in [0.15, 0.2) is 0 Å². The summed E-state index contributed by atoms with van der Waals surface area (Å²) in [6, 6.07) is 0. The van der Waals surface area contributed by atoms with Crippen LogP contribution in [0.25, 0.3) is 0 Å². The van der Waals surface area contributed by atoms with E-state index in [2.05, 4.69) is 20.6 Å². The molecule has 0 saturated heterocycles. The number of nitrogens with zero attached hydrogens (tertiary/aromatic N) is 3. The number of aliphatic imine (C=N–C) groups is 1. The lowest BCUT2D eigenvalue weighted by molar-refractivity contribution is 0.599. The highest BCUT2D eigenvalue weighted by molar-refractivity contribution is 6.32. The molecule has 3 N–H and O–H groups in total. The van der Waals surface area contributed by atoms with Crippen LogP contribution < -0.4 is 11.2 Å². The van der Waals surface area contributed by atoms with Gasteiger partial charge in [-0.15, -0.1) is 5.11 Å². The summed E-state index contributed by atoms with van der Waals surface area (Å²) in [6.07, 6.45) is 2.67. The fraction of sp³-hybridized carbons (Fsp3) is 0.250. The largest absolute Gasteiger partial charge is 0.351 e. The van der Waals surface area contributed by atoms with Crippen LogP contribution in [0.3, 0.4) is 0 Å². The zero-order chi connectivity index (χ0) is 7.40. The summed E-state index contributed by atoms with van der Waals surface area (Å²) < 4.78 is 0. The quantitative estimate of drug-likeness (QED) is 0.215. The number of hydrogen-bond acceptors (Lipinski definition) is 4. The summed E-state index contributed by atoms with van der Waals surface area (Å²) in [5.41, 5.74) is 0.559. The normalized spacial score (nSPS) is 24.4. The number of nitrogens with two attached hydrogens (primary N) is 1. The highest BCUT2D eigenvalue weighted by atomic mass is 15.4. The van der Waals surface area contributed by atoms with E-state index in [4.69, 9.17) is 13.7 Å². The van der Waals surface area contributed by atoms with Crippen LogP contribution in [0, 0.1) is 0 Å². The molecule has 0 bridgehead atoms. The van der Waals surface area contributed by atoms with Gasteiger partial charge in [0.1, 0.15) is 7.85 Å². The number of rotatable bonds is 1. The molecule has 6 heteroatoms. The summed E-state index contributed by atoms with van der Waals surface area (Å²) in [7, 11) is 5.34. The lowest BCUT2D eigenvalue weighted by atomic mass is 9.98. The minimum Gasteiger partial charge on any atom is -0.351 e. The molecule has 5 nitrogen and oxygen atoms in total. The molecule has 1 atom stereocenters. The van der Waals surface area contributed by atoms with Crippen LogP contribution in [-0.4, -0.2) is 20.4 Å². The average Bonchev–Trinajstić information content (AvgIpc) is 1.95. The molecule has 10 heavy (non-hydrogen) atoms. The van der Waals surface area contributed by atoms with Gasteiger partial charge in [0.05, 0.1) is 0 Å². The Kier molecular flexibility index (Phi) is 2.04. The number of allylic oxidation sites excluding steroid dienone is 1. The van der Waals surface area contributed by atoms with Crippen molar-refractivity contribution >= 4 is 14.1 Å². The van der Waals surface area contributed by atoms with Gasteiger partial charge in [-0.1, -0.05) is 10.7 Å². The molecule has 0 spiro atoms. The Morgan fingerprint density at radius 1 is 1.80 bits per heavy atom. The molecular weight excluding hydrogens is 129 g/mol. The highest BCUT2D eigenvalue weighted by Crippen LogP contribution is 1.95. The van der Waals surface area contributed by atoms with Crippen LogP contribution in [0.1, 0.15) is 0 Å². The predicted molar refractivity (Wildman–Crippen MR) is 38.3 cm³/mol. The molecule has 0 amide bonds. The molecule has 0 aromatic carbocycles. The molecule has 1 heterocycles. The smallest absolute Gasteiger partial charge is 0.234 e. The van der Waals surface area contributed by atoms with Gasteiger partial charge in [-0.25, -0.2) is 4.99 Å². The fourth-order valence-electron chi connectivity index (χ4n) is 0.534. The van der Waals surface area contributed by atoms with E-state index in [1.807, 2.05) is 0 Å². The van der Waals surface area contributed by atoms with Gasteiger partial charge in [0.25, 0.3) is 0 Å². The maximum absolute atomic E-state index is 5.34. The zero-order valence-electron chi connectivity index (χ0n) is 5.23. The molecular formula is C4H6BN5. The molecule has 2 radical (unpaired) electrons. The molecule has 0 aromatic heterocycles. The standard InChI is InChI=1S/C4H6BN5/c5-3-1-7-4(8-2-3)9-10-6/h1-2,4,7H,(H2,6,9). The Hall–Kier alpha value is -1.33. The summed E-state index contributed by atoms with van der Waals surface area (Å²) in [4.78, 5) is 3.83. The Bertz CT molecular complexity index is 196. The van der Waals surface area contributed by atoms with E-state index in [1.54, 1.807) is 6.20 Å². The van der Waals surface area contributed by atoms with Crippen molar-refractivity contribution in [3.8, 4) is 0 Å². The summed E-state index contributed by atoms with van der Waals surface area (Å²) >= 11 is 0. The van der Waals surface area contributed by atoms with Gasteiger partial charge >= 0.3 is 0 Å². The first-order chi connectivity index (χ1) is 4.83. The van der Waals surface area contributed by atoms with Crippen molar-refractivity contribution in [3.63, 3.8) is 0 Å². The highest BCUT2D eigenvalue weighted by Gasteiger charge is 2.02. The van der Waals surface area contributed by atoms with E-state index in [0.29, 0.717) is 5.47 Å². The van der Waals surface area contributed by atoms with Gasteiger partial charge in [0, 0.05) is 6.21 Å². The fourth-order valence-corrected chi connectivity index (χ4v) is 0.534. The number of nitrogens with one attached hydrogen (secondary N) is 1. The Morgan fingerprint density at radius 2 is 2.60 bits per heavy atom. The minimum atomic E-state index is -0.419. The van der Waals surface area contributed by atoms with E-state index in [-0.39, 0.29) is 0 Å². The van der Waals surface area contributed by atoms with Crippen LogP contribution in [0.4, 0.5) is 0 Å². The maximum Gasteiger partial charge on any atom is 0.234 e. The Morgan fingerprint density at radius 3 is 3.10 bits per heavy atom. The van der Waals surface area contributed by atoms with E-state index in [9.17, 15) is 0 Å². The second-order valence-electron chi connectivity index (χ2n) is 1.69. The molecule has 1 unspecified atom stereocenters. The van der Waals surface area contributed by atoms with Crippen molar-refractivity contribution in [1.82, 2.24) is 5.32 Å². The third-order valence-corrected chi connectivity index (χ3v) is 0.940.